The first-order valence-corrected chi connectivity index (χ1v) is 43.0. The molecule has 40 heteroatoms. The van der Waals surface area contributed by atoms with Crippen molar-refractivity contribution in [3.8, 4) is 33.4 Å². The Hall–Kier alpha value is -13.0. The van der Waals surface area contributed by atoms with E-state index in [4.69, 9.17) is 0 Å². The Bertz CT molecular complexity index is 6220. The van der Waals surface area contributed by atoms with E-state index in [1.54, 1.807) is 158 Å². The van der Waals surface area contributed by atoms with Crippen LogP contribution in [0.5, 0.6) is 0 Å². The van der Waals surface area contributed by atoms with Gasteiger partial charge in [-0.25, -0.2) is 22.5 Å². The minimum absolute atomic E-state index is 0. The number of nitrogens with zero attached hydrogens (tertiary/aromatic N) is 6. The van der Waals surface area contributed by atoms with Crippen LogP contribution in [0.4, 0.5) is 8.78 Å². The van der Waals surface area contributed by atoms with Gasteiger partial charge >= 0.3 is 42.7 Å². The summed E-state index contributed by atoms with van der Waals surface area (Å²) in [5.41, 5.74) is 12.2. The van der Waals surface area contributed by atoms with E-state index in [0.717, 1.165) is 45.5 Å². The van der Waals surface area contributed by atoms with Crippen molar-refractivity contribution in [1.29, 1.82) is 0 Å². The summed E-state index contributed by atoms with van der Waals surface area (Å²) in [5.74, 6) is -2.81. The van der Waals surface area contributed by atoms with Crippen LogP contribution < -0.4 is 126 Å². The zero-order valence-corrected chi connectivity index (χ0v) is 78.2. The molecule has 18 N–H and O–H groups in total. The van der Waals surface area contributed by atoms with Crippen LogP contribution in [0.3, 0.4) is 0 Å². The molecule has 12 rings (SSSR count). The number of carbonyl (C=O) groups is 6. The molecule has 6 heterocycles. The summed E-state index contributed by atoms with van der Waals surface area (Å²) in [4.78, 5) is 74.8. The number of carbonyl (C=O) groups excluding carboxylic acids is 6. The van der Waals surface area contributed by atoms with Crippen LogP contribution in [-0.4, -0.2) is 178 Å². The Morgan fingerprint density at radius 1 is 0.272 bits per heavy atom. The lowest BCUT2D eigenvalue weighted by atomic mass is 9.77. The van der Waals surface area contributed by atoms with E-state index in [1.165, 1.54) is 24.3 Å². The monoisotopic (exact) mass is 1980 g/mol. The van der Waals surface area contributed by atoms with Crippen molar-refractivity contribution in [2.24, 2.45) is 0 Å². The highest BCUT2D eigenvalue weighted by Crippen LogP contribution is 2.22. The Morgan fingerprint density at radius 2 is 0.522 bits per heavy atom. The number of pyridine rings is 6. The summed E-state index contributed by atoms with van der Waals surface area (Å²) in [6.45, 7) is 19.3. The van der Waals surface area contributed by atoms with Crippen LogP contribution in [0.1, 0.15) is 104 Å². The Morgan fingerprint density at radius 3 is 0.824 bits per heavy atom. The average Bonchev–Trinajstić information content (AvgIpc) is 0.817. The zero-order valence-electron chi connectivity index (χ0n) is 75.0. The van der Waals surface area contributed by atoms with Crippen molar-refractivity contribution in [3.05, 3.63) is 361 Å². The van der Waals surface area contributed by atoms with Crippen molar-refractivity contribution in [3.63, 3.8) is 0 Å². The van der Waals surface area contributed by atoms with Crippen LogP contribution in [0.2, 0.25) is 0 Å². The standard InChI is InChI=1S/C32H32B2F2N4O6.2C32H34B2N4O6.2BrH/c1-21(2)31(41)37-10-4-11-38-32(42)26-13-23(17-40(20-26)19-25-15-28(36)7-9-30(25)34(45)46)22-5-3-12-39(16-22)18-24-14-27(35)6-8-29(24)33(43)44;1-23(2)31(39)35-14-8-15-36-32(40)28-17-27(21-38(22-28)20-26-10-4-6-13-30(26)34(43)44)24-11-7-16-37(18-24)19-25-9-3-5-12-29(25)33(41)42;1-23(2)31(39)35-14-7-15-36-32(40)28-18-27(21-38(22-28)20-26-9-4-6-11-30(26)34(43)44)24-12-16-37(17-13-24)19-25-8-3-5-10-29(25)33(41)42;;/h3,5-9,12-17,20,43-46H,1,4,10-11,18-19H2,2H3;3-7,9-13,16-18,21-22,41-44H,1,8,14-15,19-20H2,2H3;3-6,8-13,16-18,21-22,41-44H,1,7,14-15,19-20H2,2H3;2*1H/p+4. The molecule has 0 saturated heterocycles. The molecule has 0 fully saturated rings. The zero-order chi connectivity index (χ0) is 96.7. The van der Waals surface area contributed by atoms with Gasteiger partial charge in [-0.05, 0) is 133 Å². The third-order valence-corrected chi connectivity index (χ3v) is 21.3. The van der Waals surface area contributed by atoms with Crippen molar-refractivity contribution >= 4 is 111 Å². The summed E-state index contributed by atoms with van der Waals surface area (Å²) in [6.07, 6.45) is 23.0. The summed E-state index contributed by atoms with van der Waals surface area (Å²) >= 11 is 0. The van der Waals surface area contributed by atoms with Gasteiger partial charge in [0.05, 0.1) is 22.3 Å². The van der Waals surface area contributed by atoms with E-state index in [2.05, 4.69) is 51.6 Å². The molecule has 0 bridgehead atoms. The Balaban J connectivity index is 0.000000249. The van der Waals surface area contributed by atoms with Crippen molar-refractivity contribution in [2.45, 2.75) is 79.3 Å². The van der Waals surface area contributed by atoms with Crippen LogP contribution in [-0.2, 0) is 53.7 Å². The Labute approximate surface area is 809 Å². The highest BCUT2D eigenvalue weighted by atomic mass is 79.9. The number of halogens is 4. The van der Waals surface area contributed by atoms with E-state index >= 15 is 0 Å². The second-order valence-corrected chi connectivity index (χ2v) is 31.9. The first kappa shape index (κ1) is 108. The van der Waals surface area contributed by atoms with Crippen LogP contribution >= 0.6 is 0 Å². The number of hydrogen-bond acceptors (Lipinski definition) is 18. The summed E-state index contributed by atoms with van der Waals surface area (Å²) in [7, 11) is -10.1. The topological polar surface area (TPSA) is 441 Å². The second kappa shape index (κ2) is 53.3. The van der Waals surface area contributed by atoms with Crippen LogP contribution in [0.25, 0.3) is 33.4 Å². The molecule has 6 amide bonds. The van der Waals surface area contributed by atoms with Gasteiger partial charge in [0.15, 0.2) is 114 Å². The predicted molar refractivity (Wildman–Crippen MR) is 503 cm³/mol. The van der Waals surface area contributed by atoms with Crippen molar-refractivity contribution in [1.82, 2.24) is 31.9 Å². The highest BCUT2D eigenvalue weighted by molar-refractivity contribution is 6.61. The molecule has 0 aliphatic rings. The minimum atomic E-state index is -1.84. The molecule has 6 aromatic heterocycles. The fraction of sp³-hybridized carbons (Fsp3) is 0.188. The van der Waals surface area contributed by atoms with Gasteiger partial charge in [0, 0.05) is 119 Å². The van der Waals surface area contributed by atoms with Gasteiger partial charge in [-0.2, -0.15) is 13.7 Å². The first-order valence-electron chi connectivity index (χ1n) is 43.0. The van der Waals surface area contributed by atoms with Gasteiger partial charge in [0.1, 0.15) is 28.3 Å². The molecular weight excluding hydrogens is 1870 g/mol. The third kappa shape index (κ3) is 32.6. The lowest BCUT2D eigenvalue weighted by Crippen LogP contribution is -3.00. The smallest absolute Gasteiger partial charge is 0.488 e. The number of amides is 6. The number of benzene rings is 6. The molecule has 0 unspecified atom stereocenters. The summed E-state index contributed by atoms with van der Waals surface area (Å²) < 4.78 is 39.0. The van der Waals surface area contributed by atoms with Gasteiger partial charge < -0.3 is 126 Å². The van der Waals surface area contributed by atoms with Crippen LogP contribution in [0.15, 0.2) is 299 Å². The summed E-state index contributed by atoms with van der Waals surface area (Å²) in [5, 5.41) is 135. The molecular formula is C96H106B6Br2F2N12O18+4. The molecule has 136 heavy (non-hydrogen) atoms. The molecule has 0 atom stereocenters. The largest absolute Gasteiger partial charge is 1.00 e. The molecule has 0 aliphatic heterocycles. The third-order valence-electron chi connectivity index (χ3n) is 21.3. The van der Waals surface area contributed by atoms with Gasteiger partial charge in [0.2, 0.25) is 17.7 Å². The SMILES string of the molecule is C=C(C)C(=O)NCCCNC(=O)c1cc(-c2cc[n+](Cc3ccccc3B(O)O)cc2)c[n+](Cc2ccccc2B(O)O)c1.C=C(C)C(=O)NCCCNC(=O)c1cc(-c2ccc[n+](Cc3cc(F)ccc3B(O)O)c2)c[n+](Cc2cc(F)ccc2B(O)O)c1.C=C(C)C(=O)NCCCNC(=O)c1cc(-c2ccc[n+](Cc3ccccc3B(O)O)c2)c[n+](Cc2ccccc2B(O)O)c1.[Br-].[Br-]. The van der Waals surface area contributed by atoms with E-state index < -0.39 is 60.3 Å². The molecule has 700 valence electrons. The van der Waals surface area contributed by atoms with Gasteiger partial charge in [-0.1, -0.05) is 129 Å². The molecule has 0 spiro atoms. The maximum Gasteiger partial charge on any atom is 0.488 e. The van der Waals surface area contributed by atoms with E-state index in [9.17, 15) is 97.8 Å². The normalized spacial score (nSPS) is 10.5. The van der Waals surface area contributed by atoms with Crippen molar-refractivity contribution in [2.75, 3.05) is 39.3 Å². The highest BCUT2D eigenvalue weighted by Gasteiger charge is 2.29. The average molecular weight is 1980 g/mol. The fourth-order valence-electron chi connectivity index (χ4n) is 14.4. The molecule has 30 nitrogen and oxygen atoms in total. The molecule has 12 aromatic rings. The first-order chi connectivity index (χ1) is 64.1. The fourth-order valence-corrected chi connectivity index (χ4v) is 14.4. The van der Waals surface area contributed by atoms with Crippen LogP contribution in [0, 0.1) is 11.6 Å². The maximum absolute atomic E-state index is 14.2. The summed E-state index contributed by atoms with van der Waals surface area (Å²) in [6, 6.07) is 51.9. The minimum Gasteiger partial charge on any atom is -1.00 e. The number of rotatable bonds is 39. The lowest BCUT2D eigenvalue weighted by molar-refractivity contribution is -0.689. The molecule has 6 aromatic carbocycles. The van der Waals surface area contributed by atoms with Gasteiger partial charge in [-0.3, -0.25) is 28.8 Å². The quantitative estimate of drug-likeness (QED) is 0.00736. The van der Waals surface area contributed by atoms with E-state index in [1.807, 2.05) is 116 Å². The van der Waals surface area contributed by atoms with Crippen molar-refractivity contribution < 1.29 is 159 Å². The molecule has 0 saturated carbocycles. The molecule has 0 radical (unpaired) electrons. The lowest BCUT2D eigenvalue weighted by Gasteiger charge is -2.10. The number of aromatic nitrogens is 6. The van der Waals surface area contributed by atoms with E-state index in [-0.39, 0.29) is 106 Å². The number of nitrogens with one attached hydrogen (secondary N) is 6. The van der Waals surface area contributed by atoms with Gasteiger partial charge in [0.25, 0.3) is 17.7 Å². The Kier molecular flexibility index (Phi) is 42.5. The number of hydrogen-bond donors (Lipinski definition) is 18. The molecule has 0 aliphatic carbocycles. The van der Waals surface area contributed by atoms with E-state index in [0.29, 0.717) is 155 Å². The predicted octanol–water partition coefficient (Wildman–Crippen LogP) is -8.12. The second-order valence-electron chi connectivity index (χ2n) is 31.9. The maximum atomic E-state index is 14.2. The van der Waals surface area contributed by atoms with Gasteiger partial charge in [-0.15, -0.1) is 0 Å².